The molecule has 1 amide bonds. The molecule has 0 saturated carbocycles. The predicted molar refractivity (Wildman–Crippen MR) is 113 cm³/mol. The molecule has 148 valence electrons. The largest absolute Gasteiger partial charge is 0.477 e. The Kier molecular flexibility index (Phi) is 6.17. The third kappa shape index (κ3) is 5.00. The maximum atomic E-state index is 12.7. The summed E-state index contributed by atoms with van der Waals surface area (Å²) in [6, 6.07) is 21.3. The van der Waals surface area contributed by atoms with Gasteiger partial charge in [0, 0.05) is 36.7 Å². The minimum Gasteiger partial charge on any atom is -0.477 e. The molecule has 2 heterocycles. The number of carbonyl (C=O) groups excluding carboxylic acids is 1. The fourth-order valence-electron chi connectivity index (χ4n) is 3.37. The van der Waals surface area contributed by atoms with Crippen molar-refractivity contribution in [2.24, 2.45) is 5.92 Å². The number of amides is 1. The summed E-state index contributed by atoms with van der Waals surface area (Å²) in [6.45, 7) is 2.22. The Labute approximate surface area is 170 Å². The summed E-state index contributed by atoms with van der Waals surface area (Å²) < 4.78 is 11.1. The van der Waals surface area contributed by atoms with E-state index in [2.05, 4.69) is 10.3 Å². The molecule has 4 rings (SSSR count). The number of nitrogens with zero attached hydrogens (tertiary/aromatic N) is 1. The predicted octanol–water partition coefficient (Wildman–Crippen LogP) is 4.81. The van der Waals surface area contributed by atoms with Crippen LogP contribution in [0.1, 0.15) is 23.2 Å². The second-order valence-corrected chi connectivity index (χ2v) is 7.12. The summed E-state index contributed by atoms with van der Waals surface area (Å²) in [7, 11) is 0. The molecule has 1 saturated heterocycles. The first-order chi connectivity index (χ1) is 14.3. The van der Waals surface area contributed by atoms with Crippen molar-refractivity contribution < 1.29 is 14.3 Å². The zero-order chi connectivity index (χ0) is 19.9. The molecule has 1 fully saturated rings. The molecule has 0 radical (unpaired) electrons. The maximum Gasteiger partial charge on any atom is 0.257 e. The van der Waals surface area contributed by atoms with E-state index in [0.717, 1.165) is 42.9 Å². The smallest absolute Gasteiger partial charge is 0.257 e. The van der Waals surface area contributed by atoms with Gasteiger partial charge in [0.25, 0.3) is 5.91 Å². The molecule has 0 atom stereocenters. The van der Waals surface area contributed by atoms with Crippen molar-refractivity contribution in [3.05, 3.63) is 78.5 Å². The average Bonchev–Trinajstić information content (AvgIpc) is 2.80. The zero-order valence-corrected chi connectivity index (χ0v) is 16.2. The number of rotatable bonds is 6. The lowest BCUT2D eigenvalue weighted by molar-refractivity contribution is 0.0490. The molecule has 0 unspecified atom stereocenters. The molecule has 3 aromatic rings. The van der Waals surface area contributed by atoms with E-state index in [-0.39, 0.29) is 5.91 Å². The molecular weight excluding hydrogens is 364 g/mol. The number of hydrogen-bond donors (Lipinski definition) is 1. The van der Waals surface area contributed by atoms with Crippen LogP contribution in [0.25, 0.3) is 11.1 Å². The second kappa shape index (κ2) is 9.34. The van der Waals surface area contributed by atoms with Crippen molar-refractivity contribution in [1.82, 2.24) is 4.98 Å². The highest BCUT2D eigenvalue weighted by Gasteiger charge is 2.15. The quantitative estimate of drug-likeness (QED) is 0.659. The first kappa shape index (κ1) is 19.2. The zero-order valence-electron chi connectivity index (χ0n) is 16.2. The lowest BCUT2D eigenvalue weighted by atomic mass is 10.0. The SMILES string of the molecule is O=C(Nc1ccccc1-c1ccccc1)c1ccc(OCC2CCOCC2)nc1. The highest BCUT2D eigenvalue weighted by atomic mass is 16.5. The van der Waals surface area contributed by atoms with E-state index in [9.17, 15) is 4.79 Å². The number of aromatic nitrogens is 1. The van der Waals surface area contributed by atoms with E-state index >= 15 is 0 Å². The molecule has 5 heteroatoms. The molecule has 1 aliphatic rings. The highest BCUT2D eigenvalue weighted by molar-refractivity contribution is 6.06. The van der Waals surface area contributed by atoms with Crippen LogP contribution in [0, 0.1) is 5.92 Å². The number of ether oxygens (including phenoxy) is 2. The van der Waals surface area contributed by atoms with Crippen LogP contribution < -0.4 is 10.1 Å². The van der Waals surface area contributed by atoms with Gasteiger partial charge in [-0.05, 0) is 36.5 Å². The molecule has 0 aliphatic carbocycles. The molecule has 0 spiro atoms. The van der Waals surface area contributed by atoms with Crippen molar-refractivity contribution in [3.63, 3.8) is 0 Å². The van der Waals surface area contributed by atoms with E-state index in [4.69, 9.17) is 9.47 Å². The van der Waals surface area contributed by atoms with Crippen LogP contribution in [0.3, 0.4) is 0 Å². The fourth-order valence-corrected chi connectivity index (χ4v) is 3.37. The Hall–Kier alpha value is -3.18. The number of para-hydroxylation sites is 1. The molecular formula is C24H24N2O3. The third-order valence-electron chi connectivity index (χ3n) is 5.07. The van der Waals surface area contributed by atoms with Gasteiger partial charge in [-0.25, -0.2) is 4.98 Å². The van der Waals surface area contributed by atoms with Gasteiger partial charge < -0.3 is 14.8 Å². The number of pyridine rings is 1. The third-order valence-corrected chi connectivity index (χ3v) is 5.07. The summed E-state index contributed by atoms with van der Waals surface area (Å²) in [5, 5.41) is 2.99. The Morgan fingerprint density at radius 3 is 2.52 bits per heavy atom. The maximum absolute atomic E-state index is 12.7. The summed E-state index contributed by atoms with van der Waals surface area (Å²) in [5.41, 5.74) is 3.29. The van der Waals surface area contributed by atoms with Crippen molar-refractivity contribution in [1.29, 1.82) is 0 Å². The topological polar surface area (TPSA) is 60.5 Å². The molecule has 1 aromatic heterocycles. The molecule has 2 aromatic carbocycles. The molecule has 1 N–H and O–H groups in total. The van der Waals surface area contributed by atoms with Crippen LogP contribution in [-0.2, 0) is 4.74 Å². The van der Waals surface area contributed by atoms with E-state index in [1.807, 2.05) is 54.6 Å². The van der Waals surface area contributed by atoms with Crippen LogP contribution >= 0.6 is 0 Å². The Morgan fingerprint density at radius 1 is 1.00 bits per heavy atom. The van der Waals surface area contributed by atoms with E-state index in [1.54, 1.807) is 18.3 Å². The fraction of sp³-hybridized carbons (Fsp3) is 0.250. The standard InChI is InChI=1S/C24H24N2O3/c27-24(26-22-9-5-4-8-21(22)19-6-2-1-3-7-19)20-10-11-23(25-16-20)29-17-18-12-14-28-15-13-18/h1-11,16,18H,12-15,17H2,(H,26,27). The molecule has 0 bridgehead atoms. The van der Waals surface area contributed by atoms with Gasteiger partial charge in [0.15, 0.2) is 0 Å². The number of benzene rings is 2. The Bertz CT molecular complexity index is 936. The Balaban J connectivity index is 1.40. The normalized spacial score (nSPS) is 14.3. The summed E-state index contributed by atoms with van der Waals surface area (Å²) in [4.78, 5) is 17.0. The van der Waals surface area contributed by atoms with Gasteiger partial charge in [0.2, 0.25) is 5.88 Å². The van der Waals surface area contributed by atoms with Crippen molar-refractivity contribution in [2.75, 3.05) is 25.1 Å². The van der Waals surface area contributed by atoms with Crippen LogP contribution in [0.2, 0.25) is 0 Å². The van der Waals surface area contributed by atoms with Gasteiger partial charge in [0.1, 0.15) is 0 Å². The minimum absolute atomic E-state index is 0.197. The minimum atomic E-state index is -0.197. The lowest BCUT2D eigenvalue weighted by Gasteiger charge is -2.21. The second-order valence-electron chi connectivity index (χ2n) is 7.12. The summed E-state index contributed by atoms with van der Waals surface area (Å²) >= 11 is 0. The summed E-state index contributed by atoms with van der Waals surface area (Å²) in [6.07, 6.45) is 3.59. The van der Waals surface area contributed by atoms with Gasteiger partial charge >= 0.3 is 0 Å². The van der Waals surface area contributed by atoms with Gasteiger partial charge in [-0.3, -0.25) is 4.79 Å². The van der Waals surface area contributed by atoms with Crippen LogP contribution in [-0.4, -0.2) is 30.7 Å². The van der Waals surface area contributed by atoms with Crippen molar-refractivity contribution in [2.45, 2.75) is 12.8 Å². The molecule has 29 heavy (non-hydrogen) atoms. The average molecular weight is 388 g/mol. The first-order valence-corrected chi connectivity index (χ1v) is 9.92. The van der Waals surface area contributed by atoms with E-state index in [0.29, 0.717) is 24.0 Å². The van der Waals surface area contributed by atoms with Crippen LogP contribution in [0.15, 0.2) is 72.9 Å². The van der Waals surface area contributed by atoms with Crippen LogP contribution in [0.5, 0.6) is 5.88 Å². The lowest BCUT2D eigenvalue weighted by Crippen LogP contribution is -2.21. The van der Waals surface area contributed by atoms with E-state index in [1.165, 1.54) is 0 Å². The monoisotopic (exact) mass is 388 g/mol. The molecule has 1 aliphatic heterocycles. The van der Waals surface area contributed by atoms with Gasteiger partial charge in [-0.2, -0.15) is 0 Å². The summed E-state index contributed by atoms with van der Waals surface area (Å²) in [5.74, 6) is 0.845. The van der Waals surface area contributed by atoms with Crippen molar-refractivity contribution in [3.8, 4) is 17.0 Å². The van der Waals surface area contributed by atoms with Gasteiger partial charge in [-0.1, -0.05) is 48.5 Å². The highest BCUT2D eigenvalue weighted by Crippen LogP contribution is 2.28. The number of anilines is 1. The van der Waals surface area contributed by atoms with E-state index < -0.39 is 0 Å². The van der Waals surface area contributed by atoms with Gasteiger partial charge in [0.05, 0.1) is 12.2 Å². The van der Waals surface area contributed by atoms with Crippen molar-refractivity contribution >= 4 is 11.6 Å². The van der Waals surface area contributed by atoms with Crippen LogP contribution in [0.4, 0.5) is 5.69 Å². The Morgan fingerprint density at radius 2 is 1.76 bits per heavy atom. The number of carbonyl (C=O) groups is 1. The number of nitrogens with one attached hydrogen (secondary N) is 1. The number of hydrogen-bond acceptors (Lipinski definition) is 4. The molecule has 5 nitrogen and oxygen atoms in total. The first-order valence-electron chi connectivity index (χ1n) is 9.92. The van der Waals surface area contributed by atoms with Gasteiger partial charge in [-0.15, -0.1) is 0 Å².